The number of primary amides is 1. The number of carbonyl (C=O) groups is 1. The molecular formula is C22H16F2N8O2. The number of rotatable bonds is 5. The van der Waals surface area contributed by atoms with Crippen LogP contribution in [0.5, 0.6) is 5.75 Å². The number of nitrogens with two attached hydrogens (primary N) is 1. The van der Waals surface area contributed by atoms with Gasteiger partial charge < -0.3 is 15.8 Å². The Kier molecular flexibility index (Phi) is 4.40. The number of carbonyl (C=O) groups excluding carboxylic acids is 1. The minimum atomic E-state index is -0.737. The van der Waals surface area contributed by atoms with Crippen LogP contribution in [0.4, 0.5) is 14.7 Å². The molecule has 1 aromatic carbocycles. The molecule has 0 saturated heterocycles. The number of pyridine rings is 1. The molecule has 0 bridgehead atoms. The Morgan fingerprint density at radius 2 is 2.03 bits per heavy atom. The summed E-state index contributed by atoms with van der Waals surface area (Å²) in [5, 5.41) is 11.2. The lowest BCUT2D eigenvalue weighted by atomic mass is 10.0. The maximum atomic E-state index is 14.5. The molecule has 1 aliphatic rings. The van der Waals surface area contributed by atoms with Crippen molar-refractivity contribution in [3.8, 4) is 16.9 Å². The first-order valence-corrected chi connectivity index (χ1v) is 10.3. The molecule has 0 unspecified atom stereocenters. The Balaban J connectivity index is 1.42. The molecule has 34 heavy (non-hydrogen) atoms. The molecule has 1 aliphatic heterocycles. The monoisotopic (exact) mass is 462 g/mol. The third kappa shape index (κ3) is 3.03. The van der Waals surface area contributed by atoms with Crippen molar-refractivity contribution in [3.63, 3.8) is 0 Å². The van der Waals surface area contributed by atoms with Crippen LogP contribution < -0.4 is 15.8 Å². The van der Waals surface area contributed by atoms with E-state index in [1.165, 1.54) is 35.3 Å². The fourth-order valence-corrected chi connectivity index (χ4v) is 4.25. The summed E-state index contributed by atoms with van der Waals surface area (Å²) < 4.78 is 37.3. The minimum absolute atomic E-state index is 0.0425. The van der Waals surface area contributed by atoms with E-state index in [1.54, 1.807) is 10.5 Å². The lowest BCUT2D eigenvalue weighted by molar-refractivity contribution is 0.0994. The van der Waals surface area contributed by atoms with Crippen molar-refractivity contribution in [2.75, 3.05) is 11.9 Å². The van der Waals surface area contributed by atoms with Gasteiger partial charge in [0, 0.05) is 47.6 Å². The minimum Gasteiger partial charge on any atom is -0.493 e. The van der Waals surface area contributed by atoms with Crippen molar-refractivity contribution in [3.05, 3.63) is 71.6 Å². The number of imidazole rings is 1. The maximum Gasteiger partial charge on any atom is 0.267 e. The average Bonchev–Trinajstić information content (AvgIpc) is 3.56. The van der Waals surface area contributed by atoms with E-state index in [2.05, 4.69) is 25.5 Å². The molecule has 4 aromatic heterocycles. The molecule has 5 heterocycles. The number of benzene rings is 1. The molecule has 0 radical (unpaired) electrons. The van der Waals surface area contributed by atoms with Gasteiger partial charge in [0.15, 0.2) is 5.65 Å². The van der Waals surface area contributed by atoms with Gasteiger partial charge in [-0.3, -0.25) is 13.6 Å². The van der Waals surface area contributed by atoms with Gasteiger partial charge in [-0.25, -0.2) is 18.7 Å². The third-order valence-electron chi connectivity index (χ3n) is 5.81. The van der Waals surface area contributed by atoms with Gasteiger partial charge in [-0.2, -0.15) is 0 Å². The first-order chi connectivity index (χ1) is 16.5. The molecule has 170 valence electrons. The Hall–Kier alpha value is -4.61. The molecule has 10 nitrogen and oxygen atoms in total. The molecule has 0 atom stereocenters. The van der Waals surface area contributed by atoms with Gasteiger partial charge >= 0.3 is 0 Å². The highest BCUT2D eigenvalue weighted by Crippen LogP contribution is 2.32. The summed E-state index contributed by atoms with van der Waals surface area (Å²) in [6.45, 7) is 0.687. The summed E-state index contributed by atoms with van der Waals surface area (Å²) in [7, 11) is 0. The van der Waals surface area contributed by atoms with Crippen LogP contribution in [-0.2, 0) is 13.0 Å². The zero-order valence-corrected chi connectivity index (χ0v) is 17.5. The number of nitrogens with one attached hydrogen (secondary N) is 1. The third-order valence-corrected chi connectivity index (χ3v) is 5.81. The Bertz CT molecular complexity index is 1610. The zero-order chi connectivity index (χ0) is 23.4. The van der Waals surface area contributed by atoms with Crippen LogP contribution in [0.15, 0.2) is 43.1 Å². The highest BCUT2D eigenvalue weighted by atomic mass is 19.1. The molecule has 5 aromatic rings. The summed E-state index contributed by atoms with van der Waals surface area (Å²) in [6.07, 6.45) is 5.98. The molecule has 3 N–H and O–H groups in total. The fraction of sp³-hybridized carbons (Fsp3) is 0.136. The SMILES string of the molecule is NC(=O)c1cnc2c(-c3cnc(NCc4c(F)ccc5c4CCO5)n4cnnc34)cc(F)cn12. The predicted octanol–water partition coefficient (Wildman–Crippen LogP) is 2.36. The Labute approximate surface area is 190 Å². The highest BCUT2D eigenvalue weighted by molar-refractivity contribution is 5.94. The number of ether oxygens (including phenoxy) is 1. The number of anilines is 1. The number of aromatic nitrogens is 6. The predicted molar refractivity (Wildman–Crippen MR) is 116 cm³/mol. The lowest BCUT2D eigenvalue weighted by Crippen LogP contribution is -2.14. The fourth-order valence-electron chi connectivity index (χ4n) is 4.25. The quantitative estimate of drug-likeness (QED) is 0.411. The summed E-state index contributed by atoms with van der Waals surface area (Å²) in [6, 6.07) is 4.28. The van der Waals surface area contributed by atoms with E-state index in [-0.39, 0.29) is 18.1 Å². The Morgan fingerprint density at radius 3 is 2.88 bits per heavy atom. The van der Waals surface area contributed by atoms with Crippen LogP contribution in [0.25, 0.3) is 22.4 Å². The number of nitrogens with zero attached hydrogens (tertiary/aromatic N) is 6. The number of hydrogen-bond acceptors (Lipinski definition) is 7. The van der Waals surface area contributed by atoms with E-state index in [0.29, 0.717) is 52.7 Å². The summed E-state index contributed by atoms with van der Waals surface area (Å²) in [5.74, 6) is -0.618. The molecule has 12 heteroatoms. The zero-order valence-electron chi connectivity index (χ0n) is 17.5. The van der Waals surface area contributed by atoms with E-state index in [9.17, 15) is 13.6 Å². The number of hydrogen-bond donors (Lipinski definition) is 2. The van der Waals surface area contributed by atoms with Gasteiger partial charge in [0.2, 0.25) is 5.95 Å². The van der Waals surface area contributed by atoms with E-state index in [4.69, 9.17) is 10.5 Å². The van der Waals surface area contributed by atoms with Gasteiger partial charge in [-0.15, -0.1) is 10.2 Å². The van der Waals surface area contributed by atoms with Gasteiger partial charge in [0.05, 0.1) is 12.8 Å². The molecule has 0 spiro atoms. The molecule has 6 rings (SSSR count). The van der Waals surface area contributed by atoms with E-state index in [0.717, 1.165) is 11.8 Å². The average molecular weight is 462 g/mol. The number of amides is 1. The van der Waals surface area contributed by atoms with Gasteiger partial charge in [-0.1, -0.05) is 0 Å². The Morgan fingerprint density at radius 1 is 1.15 bits per heavy atom. The second-order valence-corrected chi connectivity index (χ2v) is 7.75. The van der Waals surface area contributed by atoms with Crippen LogP contribution in [-0.4, -0.2) is 41.5 Å². The normalized spacial score (nSPS) is 12.8. The van der Waals surface area contributed by atoms with Crippen molar-refractivity contribution in [2.24, 2.45) is 5.73 Å². The number of halogens is 2. The molecule has 0 aliphatic carbocycles. The van der Waals surface area contributed by atoms with Crippen LogP contribution in [0.1, 0.15) is 21.6 Å². The van der Waals surface area contributed by atoms with E-state index >= 15 is 0 Å². The summed E-state index contributed by atoms with van der Waals surface area (Å²) in [4.78, 5) is 20.4. The second-order valence-electron chi connectivity index (χ2n) is 7.75. The highest BCUT2D eigenvalue weighted by Gasteiger charge is 2.21. The van der Waals surface area contributed by atoms with Crippen molar-refractivity contribution < 1.29 is 18.3 Å². The first-order valence-electron chi connectivity index (χ1n) is 10.3. The van der Waals surface area contributed by atoms with Crippen LogP contribution in [0.3, 0.4) is 0 Å². The molecule has 0 fully saturated rings. The second kappa shape index (κ2) is 7.47. The van der Waals surface area contributed by atoms with Gasteiger partial charge in [-0.05, 0) is 18.2 Å². The van der Waals surface area contributed by atoms with Crippen LogP contribution >= 0.6 is 0 Å². The molecule has 0 saturated carbocycles. The van der Waals surface area contributed by atoms with Crippen LogP contribution in [0.2, 0.25) is 0 Å². The summed E-state index contributed by atoms with van der Waals surface area (Å²) >= 11 is 0. The van der Waals surface area contributed by atoms with Crippen molar-refractivity contribution >= 4 is 23.1 Å². The van der Waals surface area contributed by atoms with Crippen LogP contribution in [0, 0.1) is 11.6 Å². The smallest absolute Gasteiger partial charge is 0.267 e. The largest absolute Gasteiger partial charge is 0.493 e. The van der Waals surface area contributed by atoms with Gasteiger partial charge in [0.1, 0.15) is 35.1 Å². The van der Waals surface area contributed by atoms with Gasteiger partial charge in [0.25, 0.3) is 5.91 Å². The maximum absolute atomic E-state index is 14.5. The summed E-state index contributed by atoms with van der Waals surface area (Å²) in [5.41, 5.74) is 8.23. The first kappa shape index (κ1) is 20.0. The lowest BCUT2D eigenvalue weighted by Gasteiger charge is -2.13. The number of fused-ring (bicyclic) bond motifs is 3. The van der Waals surface area contributed by atoms with E-state index in [1.807, 2.05) is 0 Å². The standard InChI is InChI=1S/C22H16F2N8O2/c23-11-5-13(20-26-8-17(19(25)33)31(20)9-11)15-7-28-22(32-10-29-30-21(15)32)27-6-14-12-3-4-34-18(12)2-1-16(14)24/h1-2,5,7-10H,3-4,6H2,(H2,25,33)(H,27,28). The van der Waals surface area contributed by atoms with E-state index < -0.39 is 11.7 Å². The molecular weight excluding hydrogens is 446 g/mol. The van der Waals surface area contributed by atoms with Crippen molar-refractivity contribution in [1.29, 1.82) is 0 Å². The van der Waals surface area contributed by atoms with Crippen molar-refractivity contribution in [1.82, 2.24) is 29.0 Å². The molecule has 1 amide bonds. The topological polar surface area (TPSA) is 125 Å². The van der Waals surface area contributed by atoms with Crippen molar-refractivity contribution in [2.45, 2.75) is 13.0 Å².